The third-order valence-electron chi connectivity index (χ3n) is 6.79. The monoisotopic (exact) mass is 595 g/mol. The standard InChI is InChI=1S/C10H14N2O4.C8H14N2O2.C6H13N.C4H8.C3H8/c1-12-3-2-7(10(12)16)4-8(11-6-14)9(15)5-13;1-7(11)9-6-8(12)10-4-2-3-5-10;1-7-6-4-2-3-5-6;1-3-4-2;1-3-2/h5-8H,2-4H2,1H3,(H,11,14);2-6H2,1H3,(H,9,11);6-7H,2-5H2,1H3;3H,1,4H2,2H3;3H2,1-2H3. The van der Waals surface area contributed by atoms with E-state index in [1.54, 1.807) is 16.8 Å². The average molecular weight is 596 g/mol. The number of hydrogen-bond donors (Lipinski definition) is 3. The molecule has 1 aliphatic carbocycles. The molecule has 11 nitrogen and oxygen atoms in total. The molecule has 3 N–H and O–H groups in total. The molecule has 0 aromatic carbocycles. The lowest BCUT2D eigenvalue weighted by atomic mass is 9.96. The highest BCUT2D eigenvalue weighted by molar-refractivity contribution is 6.27. The molecule has 0 aromatic heterocycles. The quantitative estimate of drug-likeness (QED) is 0.200. The van der Waals surface area contributed by atoms with Gasteiger partial charge in [-0.3, -0.25) is 28.8 Å². The number of carbonyl (C=O) groups excluding carboxylic acids is 6. The van der Waals surface area contributed by atoms with Gasteiger partial charge in [0.05, 0.1) is 12.6 Å². The van der Waals surface area contributed by atoms with Crippen molar-refractivity contribution in [3.05, 3.63) is 12.7 Å². The van der Waals surface area contributed by atoms with Crippen molar-refractivity contribution in [1.82, 2.24) is 25.8 Å². The lowest BCUT2D eigenvalue weighted by Gasteiger charge is -2.15. The number of ketones is 1. The fraction of sp³-hybridized carbons (Fsp3) is 0.742. The molecule has 3 fully saturated rings. The van der Waals surface area contributed by atoms with Crippen molar-refractivity contribution in [2.75, 3.05) is 40.3 Å². The Hall–Kier alpha value is -3.08. The molecule has 2 saturated heterocycles. The molecule has 2 atom stereocenters. The Labute approximate surface area is 253 Å². The highest BCUT2D eigenvalue weighted by Crippen LogP contribution is 2.21. The van der Waals surface area contributed by atoms with E-state index in [9.17, 15) is 28.8 Å². The molecular weight excluding hydrogens is 538 g/mol. The minimum absolute atomic E-state index is 0.0303. The first-order valence-electron chi connectivity index (χ1n) is 15.3. The van der Waals surface area contributed by atoms with E-state index in [2.05, 4.69) is 50.3 Å². The van der Waals surface area contributed by atoms with Crippen molar-refractivity contribution in [2.24, 2.45) is 5.92 Å². The Bertz CT molecular complexity index is 795. The van der Waals surface area contributed by atoms with Gasteiger partial charge in [0, 0.05) is 45.6 Å². The maximum atomic E-state index is 11.6. The molecule has 1 saturated carbocycles. The summed E-state index contributed by atoms with van der Waals surface area (Å²) in [4.78, 5) is 68.5. The number of carbonyl (C=O) groups is 6. The largest absolute Gasteiger partial charge is 0.348 e. The first-order valence-corrected chi connectivity index (χ1v) is 15.3. The molecule has 242 valence electrons. The maximum absolute atomic E-state index is 11.6. The highest BCUT2D eigenvalue weighted by Gasteiger charge is 2.33. The normalized spacial score (nSPS) is 17.9. The Kier molecular flexibility index (Phi) is 26.2. The van der Waals surface area contributed by atoms with Crippen LogP contribution in [0.3, 0.4) is 0 Å². The molecule has 11 heteroatoms. The summed E-state index contributed by atoms with van der Waals surface area (Å²) in [6, 6.07) is -0.0320. The molecule has 3 rings (SSSR count). The zero-order chi connectivity index (χ0) is 32.3. The third-order valence-corrected chi connectivity index (χ3v) is 6.79. The van der Waals surface area contributed by atoms with Crippen molar-refractivity contribution in [1.29, 1.82) is 0 Å². The maximum Gasteiger partial charge on any atom is 0.241 e. The van der Waals surface area contributed by atoms with Gasteiger partial charge in [-0.05, 0) is 52.0 Å². The molecule has 2 heterocycles. The van der Waals surface area contributed by atoms with Gasteiger partial charge in [0.25, 0.3) is 0 Å². The van der Waals surface area contributed by atoms with E-state index in [0.717, 1.165) is 38.4 Å². The lowest BCUT2D eigenvalue weighted by molar-refractivity contribution is -0.134. The van der Waals surface area contributed by atoms with Crippen molar-refractivity contribution < 1.29 is 28.8 Å². The van der Waals surface area contributed by atoms with Crippen LogP contribution in [0.5, 0.6) is 0 Å². The molecule has 0 aromatic rings. The highest BCUT2D eigenvalue weighted by atomic mass is 16.2. The molecule has 2 unspecified atom stereocenters. The van der Waals surface area contributed by atoms with Crippen LogP contribution in [-0.2, 0) is 28.8 Å². The predicted octanol–water partition coefficient (Wildman–Crippen LogP) is 2.63. The minimum Gasteiger partial charge on any atom is -0.348 e. The van der Waals surface area contributed by atoms with E-state index in [-0.39, 0.29) is 42.9 Å². The van der Waals surface area contributed by atoms with Crippen LogP contribution >= 0.6 is 0 Å². The van der Waals surface area contributed by atoms with Crippen molar-refractivity contribution in [3.63, 3.8) is 0 Å². The number of amides is 4. The number of Topliss-reactive ketones (excluding diaryl/α,β-unsaturated/α-hetero) is 1. The number of rotatable bonds is 10. The van der Waals surface area contributed by atoms with Crippen LogP contribution in [0.15, 0.2) is 12.7 Å². The summed E-state index contributed by atoms with van der Waals surface area (Å²) < 4.78 is 0. The molecule has 4 amide bonds. The zero-order valence-corrected chi connectivity index (χ0v) is 26.9. The smallest absolute Gasteiger partial charge is 0.241 e. The molecule has 3 aliphatic rings. The second-order valence-corrected chi connectivity index (χ2v) is 10.5. The summed E-state index contributed by atoms with van der Waals surface area (Å²) in [6.07, 6.45) is 13.4. The second kappa shape index (κ2) is 26.8. The van der Waals surface area contributed by atoms with Crippen LogP contribution in [0.25, 0.3) is 0 Å². The Morgan fingerprint density at radius 3 is 1.90 bits per heavy atom. The van der Waals surface area contributed by atoms with Gasteiger partial charge in [-0.2, -0.15) is 0 Å². The predicted molar refractivity (Wildman–Crippen MR) is 167 cm³/mol. The zero-order valence-electron chi connectivity index (χ0n) is 26.9. The van der Waals surface area contributed by atoms with Gasteiger partial charge in [-0.15, -0.1) is 6.58 Å². The van der Waals surface area contributed by atoms with Crippen LogP contribution in [0, 0.1) is 5.92 Å². The van der Waals surface area contributed by atoms with E-state index >= 15 is 0 Å². The molecule has 0 radical (unpaired) electrons. The Morgan fingerprint density at radius 2 is 1.55 bits per heavy atom. The van der Waals surface area contributed by atoms with Crippen LogP contribution < -0.4 is 16.0 Å². The van der Waals surface area contributed by atoms with E-state index < -0.39 is 11.8 Å². The van der Waals surface area contributed by atoms with Gasteiger partial charge >= 0.3 is 0 Å². The SMILES string of the molecule is C=CCC.CC(=O)NCC(=O)N1CCCC1.CCC.CN1CCC(CC(NC=O)C(=O)C=O)C1=O.CNC1CCCC1. The van der Waals surface area contributed by atoms with Gasteiger partial charge < -0.3 is 25.8 Å². The van der Waals surface area contributed by atoms with E-state index in [0.29, 0.717) is 19.4 Å². The summed E-state index contributed by atoms with van der Waals surface area (Å²) in [7, 11) is 3.74. The van der Waals surface area contributed by atoms with E-state index in [1.165, 1.54) is 39.0 Å². The topological polar surface area (TPSA) is 145 Å². The third kappa shape index (κ3) is 19.9. The van der Waals surface area contributed by atoms with Gasteiger partial charge in [0.2, 0.25) is 29.9 Å². The van der Waals surface area contributed by atoms with Crippen molar-refractivity contribution in [2.45, 2.75) is 104 Å². The van der Waals surface area contributed by atoms with Gasteiger partial charge in [-0.25, -0.2) is 0 Å². The number of allylic oxidation sites excluding steroid dienone is 1. The molecular formula is C31H57N5O6. The first kappa shape index (κ1) is 41.1. The number of aldehydes is 1. The molecule has 0 bridgehead atoms. The van der Waals surface area contributed by atoms with Crippen LogP contribution in [-0.4, -0.2) is 98.4 Å². The minimum atomic E-state index is -0.879. The average Bonchev–Trinajstić information content (AvgIpc) is 3.77. The first-order chi connectivity index (χ1) is 20.1. The summed E-state index contributed by atoms with van der Waals surface area (Å²) in [5.74, 6) is -1.15. The number of nitrogens with one attached hydrogen (secondary N) is 3. The Balaban J connectivity index is 0. The van der Waals surface area contributed by atoms with Crippen LogP contribution in [0.2, 0.25) is 0 Å². The van der Waals surface area contributed by atoms with Crippen LogP contribution in [0.4, 0.5) is 0 Å². The van der Waals surface area contributed by atoms with Gasteiger partial charge in [0.1, 0.15) is 0 Å². The summed E-state index contributed by atoms with van der Waals surface area (Å²) in [5.41, 5.74) is 0. The second-order valence-electron chi connectivity index (χ2n) is 10.5. The van der Waals surface area contributed by atoms with Crippen LogP contribution in [0.1, 0.15) is 91.9 Å². The van der Waals surface area contributed by atoms with E-state index in [4.69, 9.17) is 0 Å². The van der Waals surface area contributed by atoms with E-state index in [1.807, 2.05) is 6.08 Å². The fourth-order valence-electron chi connectivity index (χ4n) is 4.32. The van der Waals surface area contributed by atoms with Crippen molar-refractivity contribution >= 4 is 36.2 Å². The number of likely N-dealkylation sites (tertiary alicyclic amines) is 2. The van der Waals surface area contributed by atoms with Gasteiger partial charge in [-0.1, -0.05) is 46.1 Å². The number of hydrogen-bond acceptors (Lipinski definition) is 7. The molecule has 2 aliphatic heterocycles. The lowest BCUT2D eigenvalue weighted by Crippen LogP contribution is -2.39. The summed E-state index contributed by atoms with van der Waals surface area (Å²) >= 11 is 0. The molecule has 0 spiro atoms. The number of nitrogens with zero attached hydrogens (tertiary/aromatic N) is 2. The molecule has 42 heavy (non-hydrogen) atoms. The Morgan fingerprint density at radius 1 is 1.00 bits per heavy atom. The fourth-order valence-corrected chi connectivity index (χ4v) is 4.32. The summed E-state index contributed by atoms with van der Waals surface area (Å²) in [5, 5.41) is 8.02. The van der Waals surface area contributed by atoms with Crippen molar-refractivity contribution in [3.8, 4) is 0 Å². The van der Waals surface area contributed by atoms with Gasteiger partial charge in [0.15, 0.2) is 6.29 Å². The summed E-state index contributed by atoms with van der Waals surface area (Å²) in [6.45, 7) is 13.7.